The lowest BCUT2D eigenvalue weighted by Gasteiger charge is -2.12. The summed E-state index contributed by atoms with van der Waals surface area (Å²) in [5, 5.41) is 10.5. The lowest BCUT2D eigenvalue weighted by atomic mass is 10.2. The second kappa shape index (κ2) is 9.15. The molecule has 0 spiro atoms. The first-order valence-electron chi connectivity index (χ1n) is 9.91. The zero-order valence-corrected chi connectivity index (χ0v) is 19.2. The molecule has 4 rings (SSSR count). The van der Waals surface area contributed by atoms with Crippen molar-refractivity contribution >= 4 is 40.5 Å². The van der Waals surface area contributed by atoms with Gasteiger partial charge in [0, 0.05) is 25.9 Å². The summed E-state index contributed by atoms with van der Waals surface area (Å²) in [6.45, 7) is 2.82. The molecule has 0 bridgehead atoms. The smallest absolute Gasteiger partial charge is 0.378 e. The van der Waals surface area contributed by atoms with Gasteiger partial charge in [0.2, 0.25) is 0 Å². The second-order valence-corrected chi connectivity index (χ2v) is 10.0. The van der Waals surface area contributed by atoms with Crippen molar-refractivity contribution in [3.63, 3.8) is 0 Å². The number of thiazole rings is 1. The van der Waals surface area contributed by atoms with Crippen LogP contribution in [0.25, 0.3) is 0 Å². The zero-order valence-electron chi connectivity index (χ0n) is 17.5. The molecule has 31 heavy (non-hydrogen) atoms. The van der Waals surface area contributed by atoms with Gasteiger partial charge in [0.1, 0.15) is 5.69 Å². The lowest BCUT2D eigenvalue weighted by molar-refractivity contribution is 0.101. The van der Waals surface area contributed by atoms with Crippen molar-refractivity contribution in [2.24, 2.45) is 7.05 Å². The lowest BCUT2D eigenvalue weighted by Crippen LogP contribution is -2.33. The summed E-state index contributed by atoms with van der Waals surface area (Å²) in [6, 6.07) is 1.69. The Kier molecular flexibility index (Phi) is 6.51. The number of methoxy groups -OCH3 is 1. The first-order chi connectivity index (χ1) is 14.8. The highest BCUT2D eigenvalue weighted by atomic mass is 32.2. The van der Waals surface area contributed by atoms with Crippen LogP contribution in [0.5, 0.6) is 0 Å². The fraction of sp³-hybridized carbons (Fsp3) is 0.579. The molecule has 2 aromatic heterocycles. The SMILES string of the molecule is COCc1cc(C(=O)Nc2ncc(C3CC(SOC(=O)NC4(C)CC4)CO3)s2)n(C)n1. The fourth-order valence-electron chi connectivity index (χ4n) is 3.17. The van der Waals surface area contributed by atoms with Crippen LogP contribution >= 0.6 is 23.4 Å². The summed E-state index contributed by atoms with van der Waals surface area (Å²) in [7, 11) is 3.29. The van der Waals surface area contributed by atoms with Crippen molar-refractivity contribution in [3.8, 4) is 0 Å². The Morgan fingerprint density at radius 3 is 3.00 bits per heavy atom. The number of carbonyl (C=O) groups excluding carboxylic acids is 2. The van der Waals surface area contributed by atoms with Crippen LogP contribution in [0, 0.1) is 0 Å². The average Bonchev–Trinajstić information content (AvgIpc) is 3.14. The van der Waals surface area contributed by atoms with Crippen LogP contribution in [0.4, 0.5) is 9.93 Å². The molecule has 2 N–H and O–H groups in total. The molecule has 0 radical (unpaired) electrons. The maximum absolute atomic E-state index is 12.6. The fourth-order valence-corrected chi connectivity index (χ4v) is 4.69. The molecular formula is C19H25N5O5S2. The number of ether oxygens (including phenoxy) is 2. The van der Waals surface area contributed by atoms with Crippen LogP contribution in [0.3, 0.4) is 0 Å². The minimum Gasteiger partial charge on any atom is -0.378 e. The van der Waals surface area contributed by atoms with Crippen molar-refractivity contribution in [2.45, 2.75) is 49.7 Å². The summed E-state index contributed by atoms with van der Waals surface area (Å²) >= 11 is 2.51. The van der Waals surface area contributed by atoms with E-state index in [1.165, 1.54) is 16.0 Å². The van der Waals surface area contributed by atoms with Crippen LogP contribution in [0.2, 0.25) is 0 Å². The minimum absolute atomic E-state index is 0.0524. The van der Waals surface area contributed by atoms with Crippen LogP contribution in [-0.2, 0) is 27.3 Å². The van der Waals surface area contributed by atoms with Crippen molar-refractivity contribution in [2.75, 3.05) is 19.0 Å². The standard InChI is InChI=1S/C19H25N5O5S2/c1-19(4-5-19)22-18(26)29-31-12-7-14(28-10-12)15-8-20-17(30-15)21-16(25)13-6-11(9-27-3)23-24(13)2/h6,8,12,14H,4-5,7,9-10H2,1-3H3,(H,22,26)(H,20,21,25). The van der Waals surface area contributed by atoms with Gasteiger partial charge in [0.25, 0.3) is 5.91 Å². The monoisotopic (exact) mass is 467 g/mol. The van der Waals surface area contributed by atoms with Crippen molar-refractivity contribution < 1.29 is 23.2 Å². The summed E-state index contributed by atoms with van der Waals surface area (Å²) in [5.74, 6) is -0.289. The zero-order chi connectivity index (χ0) is 22.0. The van der Waals surface area contributed by atoms with Gasteiger partial charge in [-0.3, -0.25) is 14.8 Å². The molecule has 2 atom stereocenters. The van der Waals surface area contributed by atoms with E-state index < -0.39 is 6.09 Å². The molecule has 1 saturated carbocycles. The highest BCUT2D eigenvalue weighted by Gasteiger charge is 2.39. The van der Waals surface area contributed by atoms with E-state index in [0.29, 0.717) is 36.2 Å². The molecule has 1 aliphatic heterocycles. The normalized spacial score (nSPS) is 21.6. The number of rotatable bonds is 8. The molecule has 1 saturated heterocycles. The molecule has 2 aromatic rings. The number of carbonyl (C=O) groups is 2. The summed E-state index contributed by atoms with van der Waals surface area (Å²) in [6.07, 6.45) is 3.84. The molecule has 168 valence electrons. The third kappa shape index (κ3) is 5.56. The molecule has 3 heterocycles. The van der Waals surface area contributed by atoms with Gasteiger partial charge in [-0.25, -0.2) is 9.78 Å². The van der Waals surface area contributed by atoms with E-state index in [1.807, 2.05) is 6.92 Å². The Labute approximate surface area is 188 Å². The van der Waals surface area contributed by atoms with Crippen molar-refractivity contribution in [1.29, 1.82) is 0 Å². The van der Waals surface area contributed by atoms with Crippen molar-refractivity contribution in [3.05, 3.63) is 28.5 Å². The average molecular weight is 468 g/mol. The molecule has 0 aromatic carbocycles. The highest BCUT2D eigenvalue weighted by molar-refractivity contribution is 7.95. The Morgan fingerprint density at radius 1 is 1.45 bits per heavy atom. The van der Waals surface area contributed by atoms with E-state index in [9.17, 15) is 9.59 Å². The Bertz CT molecular complexity index is 957. The number of amides is 2. The van der Waals surface area contributed by atoms with Gasteiger partial charge < -0.3 is 19.0 Å². The number of anilines is 1. The molecule has 1 aliphatic carbocycles. The van der Waals surface area contributed by atoms with Gasteiger partial charge in [0.05, 0.1) is 47.2 Å². The Morgan fingerprint density at radius 2 is 2.26 bits per heavy atom. The van der Waals surface area contributed by atoms with E-state index in [0.717, 1.165) is 29.8 Å². The van der Waals surface area contributed by atoms with E-state index in [4.69, 9.17) is 13.7 Å². The van der Waals surface area contributed by atoms with E-state index >= 15 is 0 Å². The molecule has 2 amide bonds. The van der Waals surface area contributed by atoms with Gasteiger partial charge in [-0.05, 0) is 32.3 Å². The summed E-state index contributed by atoms with van der Waals surface area (Å²) in [5.41, 5.74) is 1.00. The Hall–Kier alpha value is -2.15. The number of aromatic nitrogens is 3. The Balaban J connectivity index is 1.27. The largest absolute Gasteiger partial charge is 0.419 e. The number of nitrogens with one attached hydrogen (secondary N) is 2. The van der Waals surface area contributed by atoms with Crippen molar-refractivity contribution in [1.82, 2.24) is 20.1 Å². The van der Waals surface area contributed by atoms with Crippen LogP contribution in [0.1, 0.15) is 53.3 Å². The second-order valence-electron chi connectivity index (χ2n) is 7.93. The number of aryl methyl sites for hydroxylation is 1. The molecule has 12 heteroatoms. The van der Waals surface area contributed by atoms with Crippen LogP contribution in [0.15, 0.2) is 12.3 Å². The first-order valence-corrected chi connectivity index (χ1v) is 11.5. The number of nitrogens with zero attached hydrogens (tertiary/aromatic N) is 3. The molecule has 2 unspecified atom stereocenters. The van der Waals surface area contributed by atoms with E-state index in [-0.39, 0.29) is 22.8 Å². The van der Waals surface area contributed by atoms with Gasteiger partial charge >= 0.3 is 6.09 Å². The minimum atomic E-state index is -0.403. The highest BCUT2D eigenvalue weighted by Crippen LogP contribution is 2.39. The number of hydrogen-bond donors (Lipinski definition) is 2. The topological polar surface area (TPSA) is 117 Å². The van der Waals surface area contributed by atoms with Gasteiger partial charge in [-0.1, -0.05) is 11.3 Å². The van der Waals surface area contributed by atoms with Crippen LogP contribution < -0.4 is 10.6 Å². The predicted molar refractivity (Wildman–Crippen MR) is 116 cm³/mol. The van der Waals surface area contributed by atoms with Crippen LogP contribution in [-0.4, -0.2) is 51.3 Å². The summed E-state index contributed by atoms with van der Waals surface area (Å²) < 4.78 is 17.7. The predicted octanol–water partition coefficient (Wildman–Crippen LogP) is 3.03. The number of hydrogen-bond acceptors (Lipinski definition) is 9. The van der Waals surface area contributed by atoms with E-state index in [1.54, 1.807) is 26.4 Å². The first kappa shape index (κ1) is 22.1. The molecule has 2 fully saturated rings. The third-order valence-electron chi connectivity index (χ3n) is 5.14. The van der Waals surface area contributed by atoms with Gasteiger partial charge in [0.15, 0.2) is 5.13 Å². The van der Waals surface area contributed by atoms with Gasteiger partial charge in [-0.15, -0.1) is 0 Å². The quantitative estimate of drug-likeness (QED) is 0.569. The molecular weight excluding hydrogens is 442 g/mol. The maximum atomic E-state index is 12.6. The van der Waals surface area contributed by atoms with Gasteiger partial charge in [-0.2, -0.15) is 5.10 Å². The maximum Gasteiger partial charge on any atom is 0.419 e. The third-order valence-corrected chi connectivity index (χ3v) is 6.99. The molecule has 2 aliphatic rings. The summed E-state index contributed by atoms with van der Waals surface area (Å²) in [4.78, 5) is 29.6. The molecule has 10 nitrogen and oxygen atoms in total. The van der Waals surface area contributed by atoms with E-state index in [2.05, 4.69) is 20.7 Å².